The second kappa shape index (κ2) is 6.30. The second-order valence-electron chi connectivity index (χ2n) is 4.10. The Hall–Kier alpha value is -3.20. The molecular formula is C15H12N2O4. The zero-order valence-electron chi connectivity index (χ0n) is 10.9. The van der Waals surface area contributed by atoms with Crippen molar-refractivity contribution in [2.45, 2.75) is 0 Å². The normalized spacial score (nSPS) is 9.67. The number of aromatic hydroxyl groups is 2. The molecule has 0 aliphatic carbocycles. The van der Waals surface area contributed by atoms with Crippen molar-refractivity contribution >= 4 is 11.6 Å². The molecule has 2 aromatic rings. The van der Waals surface area contributed by atoms with Gasteiger partial charge in [0.1, 0.15) is 28.9 Å². The van der Waals surface area contributed by atoms with Crippen LogP contribution in [0.2, 0.25) is 0 Å². The van der Waals surface area contributed by atoms with Gasteiger partial charge in [0.15, 0.2) is 6.61 Å². The minimum absolute atomic E-state index is 0.0995. The van der Waals surface area contributed by atoms with Crippen molar-refractivity contribution in [3.63, 3.8) is 0 Å². The van der Waals surface area contributed by atoms with Gasteiger partial charge in [0.05, 0.1) is 0 Å². The molecule has 2 aromatic carbocycles. The first-order valence-corrected chi connectivity index (χ1v) is 6.04. The number of benzene rings is 2. The number of carbonyl (C=O) groups is 1. The number of nitriles is 1. The summed E-state index contributed by atoms with van der Waals surface area (Å²) in [4.78, 5) is 12.1. The summed E-state index contributed by atoms with van der Waals surface area (Å²) in [6, 6.07) is 12.3. The summed E-state index contributed by atoms with van der Waals surface area (Å²) in [6.45, 7) is -0.0995. The van der Waals surface area contributed by atoms with E-state index in [0.717, 1.165) is 0 Å². The summed E-state index contributed by atoms with van der Waals surface area (Å²) in [6.07, 6.45) is 0. The predicted octanol–water partition coefficient (Wildman–Crippen LogP) is 2.25. The standard InChI is InChI=1S/C15H12N2O4/c16-7-8-21-11-4-1-3-10(9-11)17-15(20)14-12(18)5-2-6-13(14)19/h1-6,9,18-19H,8H2,(H,17,20). The topological polar surface area (TPSA) is 103 Å². The van der Waals surface area contributed by atoms with E-state index in [-0.39, 0.29) is 23.7 Å². The number of ether oxygens (including phenoxy) is 1. The molecule has 0 bridgehead atoms. The maximum Gasteiger partial charge on any atom is 0.263 e. The molecule has 0 aliphatic rings. The highest BCUT2D eigenvalue weighted by molar-refractivity contribution is 6.08. The number of anilines is 1. The molecule has 0 fully saturated rings. The summed E-state index contributed by atoms with van der Waals surface area (Å²) in [5, 5.41) is 30.2. The largest absolute Gasteiger partial charge is 0.507 e. The third kappa shape index (κ3) is 3.42. The van der Waals surface area contributed by atoms with Crippen molar-refractivity contribution in [1.29, 1.82) is 5.26 Å². The van der Waals surface area contributed by atoms with Crippen LogP contribution in [0.15, 0.2) is 42.5 Å². The number of hydrogen-bond acceptors (Lipinski definition) is 5. The molecule has 6 heteroatoms. The lowest BCUT2D eigenvalue weighted by atomic mass is 10.1. The van der Waals surface area contributed by atoms with E-state index in [1.165, 1.54) is 24.3 Å². The Morgan fingerprint density at radius 3 is 2.52 bits per heavy atom. The Bertz CT molecular complexity index is 687. The SMILES string of the molecule is N#CCOc1cccc(NC(=O)c2c(O)cccc2O)c1. The van der Waals surface area contributed by atoms with Gasteiger partial charge < -0.3 is 20.3 Å². The molecule has 0 heterocycles. The van der Waals surface area contributed by atoms with Crippen molar-refractivity contribution in [3.05, 3.63) is 48.0 Å². The average Bonchev–Trinajstić information content (AvgIpc) is 2.45. The van der Waals surface area contributed by atoms with Gasteiger partial charge in [-0.05, 0) is 24.3 Å². The minimum atomic E-state index is -0.650. The van der Waals surface area contributed by atoms with Crippen LogP contribution in [-0.4, -0.2) is 22.7 Å². The molecule has 0 radical (unpaired) electrons. The lowest BCUT2D eigenvalue weighted by Gasteiger charge is -2.09. The van der Waals surface area contributed by atoms with Crippen LogP contribution in [-0.2, 0) is 0 Å². The van der Waals surface area contributed by atoms with Crippen LogP contribution in [0.25, 0.3) is 0 Å². The molecule has 1 amide bonds. The molecule has 0 saturated heterocycles. The molecule has 0 aromatic heterocycles. The van der Waals surface area contributed by atoms with Gasteiger partial charge in [0.25, 0.3) is 5.91 Å². The molecule has 3 N–H and O–H groups in total. The molecule has 0 unspecified atom stereocenters. The van der Waals surface area contributed by atoms with Crippen LogP contribution in [0.5, 0.6) is 17.2 Å². The lowest BCUT2D eigenvalue weighted by Crippen LogP contribution is -2.12. The van der Waals surface area contributed by atoms with E-state index in [2.05, 4.69) is 5.32 Å². The quantitative estimate of drug-likeness (QED) is 0.799. The molecule has 6 nitrogen and oxygen atoms in total. The zero-order chi connectivity index (χ0) is 15.2. The van der Waals surface area contributed by atoms with Crippen LogP contribution < -0.4 is 10.1 Å². The molecule has 0 atom stereocenters. The third-order valence-electron chi connectivity index (χ3n) is 2.64. The van der Waals surface area contributed by atoms with E-state index < -0.39 is 5.91 Å². The van der Waals surface area contributed by atoms with Gasteiger partial charge in [-0.2, -0.15) is 5.26 Å². The van der Waals surface area contributed by atoms with E-state index in [1.54, 1.807) is 18.2 Å². The number of carbonyl (C=O) groups excluding carboxylic acids is 1. The molecule has 0 aliphatic heterocycles. The maximum atomic E-state index is 12.1. The Kier molecular flexibility index (Phi) is 4.26. The Balaban J connectivity index is 2.18. The van der Waals surface area contributed by atoms with Crippen molar-refractivity contribution in [1.82, 2.24) is 0 Å². The first kappa shape index (κ1) is 14.2. The number of amides is 1. The van der Waals surface area contributed by atoms with Gasteiger partial charge in [-0.15, -0.1) is 0 Å². The number of phenols is 2. The number of hydrogen-bond donors (Lipinski definition) is 3. The number of rotatable bonds is 4. The van der Waals surface area contributed by atoms with Crippen molar-refractivity contribution in [3.8, 4) is 23.3 Å². The van der Waals surface area contributed by atoms with Crippen LogP contribution in [0.4, 0.5) is 5.69 Å². The number of nitrogens with zero attached hydrogens (tertiary/aromatic N) is 1. The maximum absolute atomic E-state index is 12.1. The van der Waals surface area contributed by atoms with Crippen molar-refractivity contribution in [2.24, 2.45) is 0 Å². The predicted molar refractivity (Wildman–Crippen MR) is 75.3 cm³/mol. The molecule has 0 saturated carbocycles. The first-order chi connectivity index (χ1) is 10.1. The Labute approximate surface area is 120 Å². The van der Waals surface area contributed by atoms with Gasteiger partial charge in [0, 0.05) is 11.8 Å². The van der Waals surface area contributed by atoms with Crippen LogP contribution >= 0.6 is 0 Å². The lowest BCUT2D eigenvalue weighted by molar-refractivity contribution is 0.102. The van der Waals surface area contributed by atoms with Gasteiger partial charge in [0.2, 0.25) is 0 Å². The third-order valence-corrected chi connectivity index (χ3v) is 2.64. The van der Waals surface area contributed by atoms with Gasteiger partial charge in [-0.3, -0.25) is 4.79 Å². The zero-order valence-corrected chi connectivity index (χ0v) is 10.9. The smallest absolute Gasteiger partial charge is 0.263 e. The monoisotopic (exact) mass is 284 g/mol. The fourth-order valence-electron chi connectivity index (χ4n) is 1.73. The number of phenolic OH excluding ortho intramolecular Hbond substituents is 2. The van der Waals surface area contributed by atoms with Crippen molar-refractivity contribution in [2.75, 3.05) is 11.9 Å². The van der Waals surface area contributed by atoms with Crippen molar-refractivity contribution < 1.29 is 19.7 Å². The fraction of sp³-hybridized carbons (Fsp3) is 0.0667. The minimum Gasteiger partial charge on any atom is -0.507 e. The highest BCUT2D eigenvalue weighted by Gasteiger charge is 2.16. The molecular weight excluding hydrogens is 272 g/mol. The van der Waals surface area contributed by atoms with E-state index >= 15 is 0 Å². The van der Waals surface area contributed by atoms with E-state index in [0.29, 0.717) is 11.4 Å². The van der Waals surface area contributed by atoms with Crippen LogP contribution in [0, 0.1) is 11.3 Å². The van der Waals surface area contributed by atoms with E-state index in [4.69, 9.17) is 10.00 Å². The van der Waals surface area contributed by atoms with E-state index in [9.17, 15) is 15.0 Å². The summed E-state index contributed by atoms with van der Waals surface area (Å²) in [5.41, 5.74) is 0.207. The number of nitrogens with one attached hydrogen (secondary N) is 1. The molecule has 0 spiro atoms. The highest BCUT2D eigenvalue weighted by atomic mass is 16.5. The first-order valence-electron chi connectivity index (χ1n) is 6.04. The molecule has 2 rings (SSSR count). The summed E-state index contributed by atoms with van der Waals surface area (Å²) in [7, 11) is 0. The highest BCUT2D eigenvalue weighted by Crippen LogP contribution is 2.27. The molecule has 106 valence electrons. The summed E-state index contributed by atoms with van der Waals surface area (Å²) >= 11 is 0. The van der Waals surface area contributed by atoms with E-state index in [1.807, 2.05) is 6.07 Å². The molecule has 21 heavy (non-hydrogen) atoms. The summed E-state index contributed by atoms with van der Waals surface area (Å²) in [5.74, 6) is -0.854. The van der Waals surface area contributed by atoms with Crippen LogP contribution in [0.3, 0.4) is 0 Å². The van der Waals surface area contributed by atoms with Gasteiger partial charge in [-0.1, -0.05) is 12.1 Å². The van der Waals surface area contributed by atoms with Gasteiger partial charge in [-0.25, -0.2) is 0 Å². The van der Waals surface area contributed by atoms with Crippen LogP contribution in [0.1, 0.15) is 10.4 Å². The second-order valence-corrected chi connectivity index (χ2v) is 4.10. The van der Waals surface area contributed by atoms with Gasteiger partial charge >= 0.3 is 0 Å². The fourth-order valence-corrected chi connectivity index (χ4v) is 1.73. The summed E-state index contributed by atoms with van der Waals surface area (Å²) < 4.78 is 5.12. The average molecular weight is 284 g/mol. The Morgan fingerprint density at radius 1 is 1.19 bits per heavy atom. The Morgan fingerprint density at radius 2 is 1.86 bits per heavy atom.